The number of hydrogen-bond donors (Lipinski definition) is 3. The zero-order valence-corrected chi connectivity index (χ0v) is 10.6. The second kappa shape index (κ2) is 4.70. The molecule has 1 aliphatic heterocycles. The zero-order chi connectivity index (χ0) is 14.1. The molecule has 3 rings (SSSR count). The van der Waals surface area contributed by atoms with Gasteiger partial charge in [0.05, 0.1) is 12.0 Å². The predicted molar refractivity (Wildman–Crippen MR) is 77.6 cm³/mol. The van der Waals surface area contributed by atoms with Crippen molar-refractivity contribution in [3.05, 3.63) is 53.6 Å². The largest absolute Gasteiger partial charge is 0.398 e. The topological polar surface area (TPSA) is 84.2 Å². The summed E-state index contributed by atoms with van der Waals surface area (Å²) in [5.41, 5.74) is 8.96. The number of hydrogen-bond acceptors (Lipinski definition) is 3. The lowest BCUT2D eigenvalue weighted by Gasteiger charge is -2.08. The minimum atomic E-state index is -0.264. The van der Waals surface area contributed by atoms with Crippen LogP contribution in [0.2, 0.25) is 0 Å². The Hall–Kier alpha value is -2.82. The molecule has 0 saturated heterocycles. The van der Waals surface area contributed by atoms with Crippen LogP contribution in [0.15, 0.2) is 42.5 Å². The first-order chi connectivity index (χ1) is 9.63. The quantitative estimate of drug-likeness (QED) is 0.728. The summed E-state index contributed by atoms with van der Waals surface area (Å²) in [6.07, 6.45) is 0.340. The van der Waals surface area contributed by atoms with E-state index in [9.17, 15) is 9.59 Å². The number of nitrogens with two attached hydrogens (primary N) is 1. The second-order valence-corrected chi connectivity index (χ2v) is 4.64. The lowest BCUT2D eigenvalue weighted by Crippen LogP contribution is -2.13. The van der Waals surface area contributed by atoms with Gasteiger partial charge in [-0.1, -0.05) is 12.1 Å². The third-order valence-electron chi connectivity index (χ3n) is 3.19. The van der Waals surface area contributed by atoms with E-state index < -0.39 is 0 Å². The van der Waals surface area contributed by atoms with E-state index in [1.165, 1.54) is 0 Å². The lowest BCUT2D eigenvalue weighted by molar-refractivity contribution is -0.115. The van der Waals surface area contributed by atoms with E-state index in [1.807, 2.05) is 0 Å². The third-order valence-corrected chi connectivity index (χ3v) is 3.19. The number of nitrogen functional groups attached to an aromatic ring is 1. The van der Waals surface area contributed by atoms with Crippen LogP contribution in [0.25, 0.3) is 0 Å². The number of para-hydroxylation sites is 1. The van der Waals surface area contributed by atoms with Crippen LogP contribution in [0.4, 0.5) is 17.1 Å². The molecule has 0 radical (unpaired) electrons. The van der Waals surface area contributed by atoms with Gasteiger partial charge in [-0.3, -0.25) is 9.59 Å². The van der Waals surface area contributed by atoms with Gasteiger partial charge in [-0.2, -0.15) is 0 Å². The van der Waals surface area contributed by atoms with Crippen molar-refractivity contribution >= 4 is 28.9 Å². The van der Waals surface area contributed by atoms with E-state index >= 15 is 0 Å². The molecule has 0 aliphatic carbocycles. The number of amides is 2. The highest BCUT2D eigenvalue weighted by atomic mass is 16.2. The summed E-state index contributed by atoms with van der Waals surface area (Å²) in [5, 5.41) is 5.53. The van der Waals surface area contributed by atoms with E-state index in [1.54, 1.807) is 42.5 Å². The molecule has 1 heterocycles. The highest BCUT2D eigenvalue weighted by Crippen LogP contribution is 2.26. The van der Waals surface area contributed by atoms with Gasteiger partial charge in [-0.25, -0.2) is 0 Å². The van der Waals surface area contributed by atoms with Crippen LogP contribution < -0.4 is 16.4 Å². The number of benzene rings is 2. The second-order valence-electron chi connectivity index (χ2n) is 4.64. The van der Waals surface area contributed by atoms with Crippen molar-refractivity contribution in [2.45, 2.75) is 6.42 Å². The van der Waals surface area contributed by atoms with Crippen molar-refractivity contribution in [3.63, 3.8) is 0 Å². The maximum absolute atomic E-state index is 12.1. The molecule has 2 aromatic rings. The van der Waals surface area contributed by atoms with Crippen LogP contribution >= 0.6 is 0 Å². The minimum absolute atomic E-state index is 0.0317. The highest BCUT2D eigenvalue weighted by Gasteiger charge is 2.18. The van der Waals surface area contributed by atoms with Crippen LogP contribution in [0.5, 0.6) is 0 Å². The standard InChI is InChI=1S/C15H13N3O2/c16-12-4-2-1-3-11(12)15(20)17-10-5-6-13-9(7-10)8-14(19)18-13/h1-7H,8,16H2,(H,17,20)(H,18,19). The first-order valence-corrected chi connectivity index (χ1v) is 6.22. The summed E-state index contributed by atoms with van der Waals surface area (Å²) >= 11 is 0. The van der Waals surface area contributed by atoms with Crippen LogP contribution in [-0.4, -0.2) is 11.8 Å². The summed E-state index contributed by atoms with van der Waals surface area (Å²) in [6, 6.07) is 12.2. The molecule has 0 fully saturated rings. The zero-order valence-electron chi connectivity index (χ0n) is 10.6. The normalized spacial score (nSPS) is 12.7. The molecule has 2 aromatic carbocycles. The van der Waals surface area contributed by atoms with E-state index in [2.05, 4.69) is 10.6 Å². The number of carbonyl (C=O) groups excluding carboxylic acids is 2. The summed E-state index contributed by atoms with van der Waals surface area (Å²) in [5.74, 6) is -0.295. The molecule has 0 spiro atoms. The molecule has 1 aliphatic rings. The van der Waals surface area contributed by atoms with Gasteiger partial charge in [0.1, 0.15) is 0 Å². The van der Waals surface area contributed by atoms with E-state index in [-0.39, 0.29) is 11.8 Å². The Morgan fingerprint density at radius 2 is 2.00 bits per heavy atom. The maximum atomic E-state index is 12.1. The van der Waals surface area contributed by atoms with E-state index in [0.717, 1.165) is 11.3 Å². The molecular weight excluding hydrogens is 254 g/mol. The molecule has 0 bridgehead atoms. The Balaban J connectivity index is 1.82. The number of fused-ring (bicyclic) bond motifs is 1. The Bertz CT molecular complexity index is 710. The molecule has 5 nitrogen and oxygen atoms in total. The molecule has 100 valence electrons. The number of anilines is 3. The van der Waals surface area contributed by atoms with Gasteiger partial charge in [0.2, 0.25) is 5.91 Å². The minimum Gasteiger partial charge on any atom is -0.398 e. The molecule has 20 heavy (non-hydrogen) atoms. The first kappa shape index (κ1) is 12.2. The van der Waals surface area contributed by atoms with Gasteiger partial charge >= 0.3 is 0 Å². The van der Waals surface area contributed by atoms with Crippen LogP contribution in [0, 0.1) is 0 Å². The fraction of sp³-hybridized carbons (Fsp3) is 0.0667. The van der Waals surface area contributed by atoms with Gasteiger partial charge in [0.25, 0.3) is 5.91 Å². The Labute approximate surface area is 115 Å². The summed E-state index contributed by atoms with van der Waals surface area (Å²) < 4.78 is 0. The van der Waals surface area contributed by atoms with Gasteiger partial charge < -0.3 is 16.4 Å². The molecule has 0 aromatic heterocycles. The van der Waals surface area contributed by atoms with Gasteiger partial charge in [0, 0.05) is 17.1 Å². The number of carbonyl (C=O) groups is 2. The van der Waals surface area contributed by atoms with Crippen molar-refractivity contribution in [2.75, 3.05) is 16.4 Å². The average Bonchev–Trinajstić information content (AvgIpc) is 2.78. The highest BCUT2D eigenvalue weighted by molar-refractivity contribution is 6.08. The third kappa shape index (κ3) is 2.21. The molecule has 2 amide bonds. The SMILES string of the molecule is Nc1ccccc1C(=O)Nc1ccc2c(c1)CC(=O)N2. The summed E-state index contributed by atoms with van der Waals surface area (Å²) in [4.78, 5) is 23.4. The van der Waals surface area contributed by atoms with Crippen molar-refractivity contribution in [1.29, 1.82) is 0 Å². The van der Waals surface area contributed by atoms with Crippen LogP contribution in [0.1, 0.15) is 15.9 Å². The maximum Gasteiger partial charge on any atom is 0.257 e. The first-order valence-electron chi connectivity index (χ1n) is 6.22. The van der Waals surface area contributed by atoms with Crippen molar-refractivity contribution in [3.8, 4) is 0 Å². The van der Waals surface area contributed by atoms with Gasteiger partial charge in [0.15, 0.2) is 0 Å². The monoisotopic (exact) mass is 267 g/mol. The molecule has 4 N–H and O–H groups in total. The number of rotatable bonds is 2. The molecule has 0 atom stereocenters. The van der Waals surface area contributed by atoms with Crippen molar-refractivity contribution in [2.24, 2.45) is 0 Å². The number of nitrogens with one attached hydrogen (secondary N) is 2. The van der Waals surface area contributed by atoms with Crippen molar-refractivity contribution in [1.82, 2.24) is 0 Å². The molecule has 0 unspecified atom stereocenters. The summed E-state index contributed by atoms with van der Waals surface area (Å²) in [6.45, 7) is 0. The predicted octanol–water partition coefficient (Wildman–Crippen LogP) is 2.02. The Morgan fingerprint density at radius 3 is 2.80 bits per heavy atom. The summed E-state index contributed by atoms with van der Waals surface area (Å²) in [7, 11) is 0. The van der Waals surface area contributed by atoms with E-state index in [4.69, 9.17) is 5.73 Å². The fourth-order valence-corrected chi connectivity index (χ4v) is 2.21. The molecule has 0 saturated carbocycles. The van der Waals surface area contributed by atoms with Crippen molar-refractivity contribution < 1.29 is 9.59 Å². The molecule has 5 heteroatoms. The van der Waals surface area contributed by atoms with Gasteiger partial charge in [-0.05, 0) is 35.9 Å². The fourth-order valence-electron chi connectivity index (χ4n) is 2.21. The lowest BCUT2D eigenvalue weighted by atomic mass is 10.1. The van der Waals surface area contributed by atoms with Crippen LogP contribution in [0.3, 0.4) is 0 Å². The smallest absolute Gasteiger partial charge is 0.257 e. The van der Waals surface area contributed by atoms with Gasteiger partial charge in [-0.15, -0.1) is 0 Å². The van der Waals surface area contributed by atoms with Crippen LogP contribution in [-0.2, 0) is 11.2 Å². The van der Waals surface area contributed by atoms with E-state index in [0.29, 0.717) is 23.4 Å². The Kier molecular flexibility index (Phi) is 2.87. The Morgan fingerprint density at radius 1 is 1.20 bits per heavy atom. The average molecular weight is 267 g/mol. The molecular formula is C15H13N3O2.